The number of alkyl halides is 2. The van der Waals surface area contributed by atoms with E-state index in [2.05, 4.69) is 15.4 Å². The number of hydrogen-bond donors (Lipinski definition) is 2. The van der Waals surface area contributed by atoms with Crippen molar-refractivity contribution in [3.05, 3.63) is 29.8 Å². The van der Waals surface area contributed by atoms with E-state index in [4.69, 9.17) is 0 Å². The normalized spacial score (nSPS) is 27.7. The lowest BCUT2D eigenvalue weighted by molar-refractivity contribution is -0.0498. The molecule has 2 unspecified atom stereocenters. The van der Waals surface area contributed by atoms with E-state index in [0.717, 1.165) is 12.8 Å². The van der Waals surface area contributed by atoms with Crippen molar-refractivity contribution < 1.29 is 18.3 Å². The Kier molecular flexibility index (Phi) is 4.05. The summed E-state index contributed by atoms with van der Waals surface area (Å²) in [5, 5.41) is 6.55. The smallest absolute Gasteiger partial charge is 0.387 e. The molecule has 2 aliphatic rings. The maximum atomic E-state index is 12.2. The molecule has 0 saturated carbocycles. The first-order chi connectivity index (χ1) is 10.1. The molecule has 2 fully saturated rings. The van der Waals surface area contributed by atoms with Crippen LogP contribution in [0.4, 0.5) is 8.78 Å². The Bertz CT molecular complexity index is 495. The Morgan fingerprint density at radius 2 is 1.81 bits per heavy atom. The molecule has 1 aromatic rings. The van der Waals surface area contributed by atoms with Crippen molar-refractivity contribution in [1.82, 2.24) is 10.6 Å². The van der Waals surface area contributed by atoms with Crippen LogP contribution < -0.4 is 15.4 Å². The van der Waals surface area contributed by atoms with Crippen molar-refractivity contribution in [2.24, 2.45) is 0 Å². The molecule has 3 rings (SSSR count). The van der Waals surface area contributed by atoms with Gasteiger partial charge in [-0.25, -0.2) is 0 Å². The molecule has 0 radical (unpaired) electrons. The van der Waals surface area contributed by atoms with Crippen LogP contribution in [-0.4, -0.2) is 30.6 Å². The second kappa shape index (κ2) is 5.97. The molecule has 6 heteroatoms. The van der Waals surface area contributed by atoms with E-state index in [9.17, 15) is 13.6 Å². The van der Waals surface area contributed by atoms with Crippen LogP contribution in [0.5, 0.6) is 5.75 Å². The fourth-order valence-electron chi connectivity index (χ4n) is 3.23. The van der Waals surface area contributed by atoms with E-state index in [1.165, 1.54) is 37.1 Å². The van der Waals surface area contributed by atoms with Crippen molar-refractivity contribution in [1.29, 1.82) is 0 Å². The lowest BCUT2D eigenvalue weighted by atomic mass is 9.99. The summed E-state index contributed by atoms with van der Waals surface area (Å²) in [6, 6.07) is 6.98. The molecule has 21 heavy (non-hydrogen) atoms. The third-order valence-corrected chi connectivity index (χ3v) is 4.15. The highest BCUT2D eigenvalue weighted by Crippen LogP contribution is 2.27. The highest BCUT2D eigenvalue weighted by atomic mass is 19.3. The maximum absolute atomic E-state index is 12.2. The molecule has 114 valence electrons. The second-order valence-electron chi connectivity index (χ2n) is 5.68. The first-order valence-electron chi connectivity index (χ1n) is 7.22. The summed E-state index contributed by atoms with van der Waals surface area (Å²) in [4.78, 5) is 12.2. The standard InChI is InChI=1S/C15H18F2N2O2/c16-15(17)21-13-5-1-9(2-6-13)14(20)19-12-7-10-3-4-11(8-12)18-10/h1-2,5-6,10-12,15,18H,3-4,7-8H2,(H,19,20). The van der Waals surface area contributed by atoms with Gasteiger partial charge in [-0.05, 0) is 49.9 Å². The fourth-order valence-corrected chi connectivity index (χ4v) is 3.23. The minimum atomic E-state index is -2.85. The number of fused-ring (bicyclic) bond motifs is 2. The van der Waals surface area contributed by atoms with Crippen molar-refractivity contribution >= 4 is 5.91 Å². The van der Waals surface area contributed by atoms with Crippen molar-refractivity contribution in [2.45, 2.75) is 50.4 Å². The van der Waals surface area contributed by atoms with Gasteiger partial charge in [0, 0.05) is 23.7 Å². The van der Waals surface area contributed by atoms with Gasteiger partial charge < -0.3 is 15.4 Å². The van der Waals surface area contributed by atoms with Gasteiger partial charge in [0.2, 0.25) is 0 Å². The summed E-state index contributed by atoms with van der Waals surface area (Å²) < 4.78 is 28.4. The van der Waals surface area contributed by atoms with E-state index in [0.29, 0.717) is 17.6 Å². The molecule has 0 aliphatic carbocycles. The predicted octanol–water partition coefficient (Wildman–Crippen LogP) is 2.30. The van der Waals surface area contributed by atoms with Crippen LogP contribution in [0.3, 0.4) is 0 Å². The number of hydrogen-bond acceptors (Lipinski definition) is 3. The predicted molar refractivity (Wildman–Crippen MR) is 73.5 cm³/mol. The van der Waals surface area contributed by atoms with Crippen molar-refractivity contribution in [2.75, 3.05) is 0 Å². The number of rotatable bonds is 4. The Morgan fingerprint density at radius 1 is 1.19 bits per heavy atom. The SMILES string of the molecule is O=C(NC1CC2CCC(C1)N2)c1ccc(OC(F)F)cc1. The number of carbonyl (C=O) groups is 1. The van der Waals surface area contributed by atoms with Gasteiger partial charge in [0.1, 0.15) is 5.75 Å². The number of benzene rings is 1. The van der Waals surface area contributed by atoms with Gasteiger partial charge in [-0.3, -0.25) is 4.79 Å². The van der Waals surface area contributed by atoms with Gasteiger partial charge in [-0.1, -0.05) is 0 Å². The van der Waals surface area contributed by atoms with Crippen LogP contribution in [0.1, 0.15) is 36.0 Å². The monoisotopic (exact) mass is 296 g/mol. The van der Waals surface area contributed by atoms with E-state index < -0.39 is 6.61 Å². The first kappa shape index (κ1) is 14.3. The van der Waals surface area contributed by atoms with Crippen LogP contribution in [0, 0.1) is 0 Å². The zero-order chi connectivity index (χ0) is 14.8. The van der Waals surface area contributed by atoms with E-state index in [1.807, 2.05) is 0 Å². The van der Waals surface area contributed by atoms with Crippen LogP contribution in [-0.2, 0) is 0 Å². The first-order valence-corrected chi connectivity index (χ1v) is 7.22. The average Bonchev–Trinajstić information content (AvgIpc) is 2.78. The minimum absolute atomic E-state index is 0.0569. The number of piperidine rings is 1. The fraction of sp³-hybridized carbons (Fsp3) is 0.533. The lowest BCUT2D eigenvalue weighted by Gasteiger charge is -2.29. The average molecular weight is 296 g/mol. The number of amides is 1. The number of halogens is 2. The molecular weight excluding hydrogens is 278 g/mol. The second-order valence-corrected chi connectivity index (χ2v) is 5.68. The molecule has 0 spiro atoms. The molecule has 2 aliphatic heterocycles. The molecule has 2 heterocycles. The van der Waals surface area contributed by atoms with Gasteiger partial charge >= 0.3 is 6.61 Å². The van der Waals surface area contributed by atoms with Gasteiger partial charge in [-0.15, -0.1) is 0 Å². The zero-order valence-corrected chi connectivity index (χ0v) is 11.5. The Morgan fingerprint density at radius 3 is 2.38 bits per heavy atom. The summed E-state index contributed by atoms with van der Waals surface area (Å²) in [6.07, 6.45) is 4.26. The van der Waals surface area contributed by atoms with E-state index in [-0.39, 0.29) is 17.7 Å². The minimum Gasteiger partial charge on any atom is -0.435 e. The molecule has 0 aromatic heterocycles. The van der Waals surface area contributed by atoms with Gasteiger partial charge in [0.25, 0.3) is 5.91 Å². The molecule has 1 aromatic carbocycles. The van der Waals surface area contributed by atoms with E-state index >= 15 is 0 Å². The van der Waals surface area contributed by atoms with Gasteiger partial charge in [-0.2, -0.15) is 8.78 Å². The van der Waals surface area contributed by atoms with Crippen LogP contribution in [0.2, 0.25) is 0 Å². The van der Waals surface area contributed by atoms with Crippen LogP contribution in [0.15, 0.2) is 24.3 Å². The maximum Gasteiger partial charge on any atom is 0.387 e. The largest absolute Gasteiger partial charge is 0.435 e. The molecule has 2 atom stereocenters. The zero-order valence-electron chi connectivity index (χ0n) is 11.5. The summed E-state index contributed by atoms with van der Waals surface area (Å²) in [5.41, 5.74) is 0.461. The lowest BCUT2D eigenvalue weighted by Crippen LogP contribution is -2.48. The quantitative estimate of drug-likeness (QED) is 0.896. The Labute approximate surface area is 121 Å². The molecule has 1 amide bonds. The van der Waals surface area contributed by atoms with Crippen LogP contribution in [0.25, 0.3) is 0 Å². The third-order valence-electron chi connectivity index (χ3n) is 4.15. The number of ether oxygens (including phenoxy) is 1. The molecule has 2 bridgehead atoms. The molecular formula is C15H18F2N2O2. The number of carbonyl (C=O) groups excluding carboxylic acids is 1. The summed E-state index contributed by atoms with van der Waals surface area (Å²) >= 11 is 0. The highest BCUT2D eigenvalue weighted by Gasteiger charge is 2.34. The highest BCUT2D eigenvalue weighted by molar-refractivity contribution is 5.94. The third kappa shape index (κ3) is 3.50. The van der Waals surface area contributed by atoms with Gasteiger partial charge in [0.15, 0.2) is 0 Å². The Hall–Kier alpha value is -1.69. The van der Waals surface area contributed by atoms with Crippen molar-refractivity contribution in [3.63, 3.8) is 0 Å². The topological polar surface area (TPSA) is 50.4 Å². The summed E-state index contributed by atoms with van der Waals surface area (Å²) in [5.74, 6) is -0.105. The van der Waals surface area contributed by atoms with Crippen molar-refractivity contribution in [3.8, 4) is 5.75 Å². The number of nitrogens with one attached hydrogen (secondary N) is 2. The molecule has 4 nitrogen and oxygen atoms in total. The molecule has 2 saturated heterocycles. The van der Waals surface area contributed by atoms with E-state index in [1.54, 1.807) is 0 Å². The summed E-state index contributed by atoms with van der Waals surface area (Å²) in [6.45, 7) is -2.85. The van der Waals surface area contributed by atoms with Gasteiger partial charge in [0.05, 0.1) is 0 Å². The summed E-state index contributed by atoms with van der Waals surface area (Å²) in [7, 11) is 0. The Balaban J connectivity index is 1.57. The van der Waals surface area contributed by atoms with Crippen LogP contribution >= 0.6 is 0 Å². The molecule has 2 N–H and O–H groups in total.